The van der Waals surface area contributed by atoms with E-state index in [1.807, 2.05) is 17.5 Å². The Labute approximate surface area is 85.8 Å². The van der Waals surface area contributed by atoms with Gasteiger partial charge in [0, 0.05) is 10.9 Å². The van der Waals surface area contributed by atoms with Crippen molar-refractivity contribution in [1.82, 2.24) is 4.57 Å². The Morgan fingerprint density at radius 3 is 3.14 bits per heavy atom. The van der Waals surface area contributed by atoms with E-state index in [9.17, 15) is 4.79 Å². The fourth-order valence-corrected chi connectivity index (χ4v) is 2.07. The smallest absolute Gasteiger partial charge is 0.260 e. The number of hydrogen-bond donors (Lipinski definition) is 0. The maximum atomic E-state index is 11.8. The largest absolute Gasteiger partial charge is 0.303 e. The monoisotopic (exact) mass is 203 g/mol. The van der Waals surface area contributed by atoms with E-state index in [1.54, 1.807) is 29.0 Å². The van der Waals surface area contributed by atoms with Crippen LogP contribution in [0, 0.1) is 11.8 Å². The van der Waals surface area contributed by atoms with Crippen LogP contribution in [0.3, 0.4) is 0 Å². The van der Waals surface area contributed by atoms with Crippen molar-refractivity contribution < 1.29 is 0 Å². The van der Waals surface area contributed by atoms with Crippen LogP contribution in [0.1, 0.15) is 6.92 Å². The van der Waals surface area contributed by atoms with Gasteiger partial charge in [-0.15, -0.1) is 17.3 Å². The topological polar surface area (TPSA) is 22.0 Å². The predicted molar refractivity (Wildman–Crippen MR) is 59.5 cm³/mol. The first-order valence-electron chi connectivity index (χ1n) is 4.29. The lowest BCUT2D eigenvalue weighted by Gasteiger charge is -1.99. The Morgan fingerprint density at radius 1 is 1.50 bits per heavy atom. The zero-order chi connectivity index (χ0) is 9.97. The Balaban J connectivity index is 2.60. The van der Waals surface area contributed by atoms with Crippen LogP contribution in [0.25, 0.3) is 10.1 Å². The van der Waals surface area contributed by atoms with Crippen LogP contribution in [0.2, 0.25) is 0 Å². The Bertz CT molecular complexity index is 568. The Kier molecular flexibility index (Phi) is 2.38. The van der Waals surface area contributed by atoms with E-state index in [2.05, 4.69) is 11.8 Å². The molecule has 0 N–H and O–H groups in total. The molecule has 2 aromatic rings. The third-order valence-electron chi connectivity index (χ3n) is 2.02. The van der Waals surface area contributed by atoms with E-state index in [4.69, 9.17) is 0 Å². The molecule has 0 saturated carbocycles. The molecule has 0 radical (unpaired) electrons. The summed E-state index contributed by atoms with van der Waals surface area (Å²) >= 11 is 1.58. The highest BCUT2D eigenvalue weighted by Crippen LogP contribution is 2.15. The summed E-state index contributed by atoms with van der Waals surface area (Å²) in [7, 11) is 0. The molecule has 0 aromatic carbocycles. The van der Waals surface area contributed by atoms with E-state index in [-0.39, 0.29) is 5.56 Å². The molecule has 0 fully saturated rings. The van der Waals surface area contributed by atoms with Crippen molar-refractivity contribution >= 4 is 21.4 Å². The third-order valence-corrected chi connectivity index (χ3v) is 2.90. The molecule has 3 heteroatoms. The standard InChI is InChI=1S/C11H9NOS/c1-2-3-6-12-7-4-10-9(11(12)13)5-8-14-10/h4-5,7-8H,6H2,1H3. The van der Waals surface area contributed by atoms with Crippen molar-refractivity contribution in [2.45, 2.75) is 13.5 Å². The molecule has 2 heterocycles. The Morgan fingerprint density at radius 2 is 2.36 bits per heavy atom. The van der Waals surface area contributed by atoms with Gasteiger partial charge in [-0.1, -0.05) is 5.92 Å². The lowest BCUT2D eigenvalue weighted by molar-refractivity contribution is 0.806. The maximum Gasteiger partial charge on any atom is 0.260 e. The molecule has 0 aliphatic carbocycles. The van der Waals surface area contributed by atoms with Crippen molar-refractivity contribution in [3.8, 4) is 11.8 Å². The minimum absolute atomic E-state index is 0.0477. The molecule has 70 valence electrons. The number of thiophene rings is 1. The van der Waals surface area contributed by atoms with Crippen LogP contribution in [0.15, 0.2) is 28.5 Å². The number of aromatic nitrogens is 1. The molecule has 2 rings (SSSR count). The fraction of sp³-hybridized carbons (Fsp3) is 0.182. The number of fused-ring (bicyclic) bond motifs is 1. The van der Waals surface area contributed by atoms with Crippen LogP contribution in [-0.4, -0.2) is 4.57 Å². The maximum absolute atomic E-state index is 11.8. The summed E-state index contributed by atoms with van der Waals surface area (Å²) in [4.78, 5) is 11.8. The van der Waals surface area contributed by atoms with Crippen molar-refractivity contribution in [1.29, 1.82) is 0 Å². The van der Waals surface area contributed by atoms with Gasteiger partial charge >= 0.3 is 0 Å². The molecule has 0 aliphatic heterocycles. The molecule has 2 aromatic heterocycles. The SMILES string of the molecule is CC#CCn1ccc2sccc2c1=O. The van der Waals surface area contributed by atoms with Gasteiger partial charge in [-0.25, -0.2) is 0 Å². The first-order chi connectivity index (χ1) is 6.83. The van der Waals surface area contributed by atoms with Gasteiger partial charge in [0.25, 0.3) is 5.56 Å². The van der Waals surface area contributed by atoms with Gasteiger partial charge in [-0.3, -0.25) is 4.79 Å². The number of nitrogens with zero attached hydrogens (tertiary/aromatic N) is 1. The molecule has 2 nitrogen and oxygen atoms in total. The number of hydrogen-bond acceptors (Lipinski definition) is 2. The second-order valence-electron chi connectivity index (χ2n) is 2.87. The summed E-state index contributed by atoms with van der Waals surface area (Å²) in [6, 6.07) is 3.82. The van der Waals surface area contributed by atoms with Gasteiger partial charge in [-0.2, -0.15) is 0 Å². The summed E-state index contributed by atoms with van der Waals surface area (Å²) in [5.74, 6) is 5.66. The van der Waals surface area contributed by atoms with Crippen molar-refractivity contribution in [3.63, 3.8) is 0 Å². The van der Waals surface area contributed by atoms with Crippen LogP contribution in [0.4, 0.5) is 0 Å². The summed E-state index contributed by atoms with van der Waals surface area (Å²) in [6.07, 6.45) is 1.80. The second kappa shape index (κ2) is 3.69. The minimum Gasteiger partial charge on any atom is -0.303 e. The predicted octanol–water partition coefficient (Wildman–Crippen LogP) is 2.09. The molecular weight excluding hydrogens is 194 g/mol. The van der Waals surface area contributed by atoms with Crippen molar-refractivity contribution in [2.24, 2.45) is 0 Å². The highest BCUT2D eigenvalue weighted by atomic mass is 32.1. The van der Waals surface area contributed by atoms with Gasteiger partial charge in [0.15, 0.2) is 0 Å². The van der Waals surface area contributed by atoms with Gasteiger partial charge in [0.1, 0.15) is 0 Å². The van der Waals surface area contributed by atoms with Crippen molar-refractivity contribution in [2.75, 3.05) is 0 Å². The normalized spacial score (nSPS) is 9.79. The van der Waals surface area contributed by atoms with E-state index in [1.165, 1.54) is 0 Å². The summed E-state index contributed by atoms with van der Waals surface area (Å²) in [6.45, 7) is 2.25. The minimum atomic E-state index is 0.0477. The number of pyridine rings is 1. The molecule has 0 aliphatic rings. The van der Waals surface area contributed by atoms with Crippen molar-refractivity contribution in [3.05, 3.63) is 34.1 Å². The molecule has 0 spiro atoms. The van der Waals surface area contributed by atoms with Crippen LogP contribution in [-0.2, 0) is 6.54 Å². The molecule has 0 amide bonds. The van der Waals surface area contributed by atoms with E-state index in [0.29, 0.717) is 6.54 Å². The zero-order valence-corrected chi connectivity index (χ0v) is 8.60. The lowest BCUT2D eigenvalue weighted by atomic mass is 10.3. The lowest BCUT2D eigenvalue weighted by Crippen LogP contribution is -2.17. The van der Waals surface area contributed by atoms with E-state index >= 15 is 0 Å². The zero-order valence-electron chi connectivity index (χ0n) is 7.78. The van der Waals surface area contributed by atoms with E-state index in [0.717, 1.165) is 10.1 Å². The van der Waals surface area contributed by atoms with E-state index < -0.39 is 0 Å². The van der Waals surface area contributed by atoms with Gasteiger partial charge in [-0.05, 0) is 24.4 Å². The third kappa shape index (κ3) is 1.45. The molecule has 0 saturated heterocycles. The summed E-state index contributed by atoms with van der Waals surface area (Å²) < 4.78 is 2.67. The average Bonchev–Trinajstić information content (AvgIpc) is 2.66. The second-order valence-corrected chi connectivity index (χ2v) is 3.82. The van der Waals surface area contributed by atoms with Crippen LogP contribution in [0.5, 0.6) is 0 Å². The summed E-state index contributed by atoms with van der Waals surface area (Å²) in [5.41, 5.74) is 0.0477. The fourth-order valence-electron chi connectivity index (χ4n) is 1.30. The van der Waals surface area contributed by atoms with Crippen LogP contribution < -0.4 is 5.56 Å². The van der Waals surface area contributed by atoms with Gasteiger partial charge in [0.2, 0.25) is 0 Å². The molecule has 0 bridgehead atoms. The highest BCUT2D eigenvalue weighted by molar-refractivity contribution is 7.17. The number of rotatable bonds is 1. The molecule has 0 unspecified atom stereocenters. The molecule has 14 heavy (non-hydrogen) atoms. The van der Waals surface area contributed by atoms with Gasteiger partial charge < -0.3 is 4.57 Å². The molecular formula is C11H9NOS. The first-order valence-corrected chi connectivity index (χ1v) is 5.17. The van der Waals surface area contributed by atoms with Gasteiger partial charge in [0.05, 0.1) is 11.9 Å². The molecule has 0 atom stereocenters. The van der Waals surface area contributed by atoms with Crippen LogP contribution >= 0.6 is 11.3 Å². The quantitative estimate of drug-likeness (QED) is 0.650. The highest BCUT2D eigenvalue weighted by Gasteiger charge is 2.01. The summed E-state index contributed by atoms with van der Waals surface area (Å²) in [5, 5.41) is 2.72. The average molecular weight is 203 g/mol. The Hall–Kier alpha value is -1.53. The first kappa shape index (κ1) is 9.04.